The average Bonchev–Trinajstić information content (AvgIpc) is 3.27. The first-order valence-corrected chi connectivity index (χ1v) is 7.40. The molecule has 0 saturated carbocycles. The molecule has 3 heterocycles. The van der Waals surface area contributed by atoms with Crippen molar-refractivity contribution in [2.24, 2.45) is 0 Å². The molecule has 9 nitrogen and oxygen atoms in total. The second-order valence-electron chi connectivity index (χ2n) is 5.43. The van der Waals surface area contributed by atoms with Gasteiger partial charge in [-0.1, -0.05) is 17.3 Å². The van der Waals surface area contributed by atoms with Gasteiger partial charge in [-0.05, 0) is 29.6 Å². The molecule has 0 spiro atoms. The summed E-state index contributed by atoms with van der Waals surface area (Å²) >= 11 is 0. The Hall–Kier alpha value is -2.65. The highest BCUT2D eigenvalue weighted by Crippen LogP contribution is 2.26. The van der Waals surface area contributed by atoms with Crippen molar-refractivity contribution in [3.8, 4) is 17.1 Å². The van der Waals surface area contributed by atoms with Crippen LogP contribution in [0.2, 0.25) is 0 Å². The van der Waals surface area contributed by atoms with Gasteiger partial charge < -0.3 is 9.84 Å². The van der Waals surface area contributed by atoms with Gasteiger partial charge in [0.2, 0.25) is 0 Å². The lowest BCUT2D eigenvalue weighted by Crippen LogP contribution is -2.44. The molecule has 1 aromatic carbocycles. The number of para-hydroxylation sites is 1. The van der Waals surface area contributed by atoms with Crippen LogP contribution in [0.4, 0.5) is 0 Å². The summed E-state index contributed by atoms with van der Waals surface area (Å²) in [6.45, 7) is 2.74. The Morgan fingerprint density at radius 1 is 1.30 bits per heavy atom. The van der Waals surface area contributed by atoms with Gasteiger partial charge in [-0.25, -0.2) is 0 Å². The van der Waals surface area contributed by atoms with E-state index < -0.39 is 0 Å². The van der Waals surface area contributed by atoms with Crippen LogP contribution in [0.1, 0.15) is 11.9 Å². The molecule has 23 heavy (non-hydrogen) atoms. The Kier molecular flexibility index (Phi) is 3.56. The Morgan fingerprint density at radius 2 is 2.22 bits per heavy atom. The smallest absolute Gasteiger partial charge is 0.260 e. The number of hydrogen-bond acceptors (Lipinski definition) is 8. The van der Waals surface area contributed by atoms with E-state index in [1.165, 1.54) is 6.33 Å². The van der Waals surface area contributed by atoms with Gasteiger partial charge in [0, 0.05) is 19.6 Å². The normalized spacial score (nSPS) is 19.1. The lowest BCUT2D eigenvalue weighted by Gasteiger charge is -2.30. The number of benzene rings is 1. The minimum absolute atomic E-state index is 0.112. The quantitative estimate of drug-likeness (QED) is 0.737. The van der Waals surface area contributed by atoms with E-state index in [2.05, 4.69) is 42.9 Å². The molecular weight excluding hydrogens is 296 g/mol. The molecule has 1 atom stereocenters. The first kappa shape index (κ1) is 14.0. The summed E-state index contributed by atoms with van der Waals surface area (Å²) in [5.74, 6) is 1.14. The Balaban J connectivity index is 1.70. The van der Waals surface area contributed by atoms with E-state index in [1.54, 1.807) is 4.68 Å². The Labute approximate surface area is 132 Å². The number of nitrogens with one attached hydrogen (secondary N) is 1. The maximum atomic E-state index is 5.49. The number of hydrogen-bond donors (Lipinski definition) is 1. The van der Waals surface area contributed by atoms with Crippen LogP contribution in [0.3, 0.4) is 0 Å². The van der Waals surface area contributed by atoms with Crippen molar-refractivity contribution in [3.63, 3.8) is 0 Å². The van der Waals surface area contributed by atoms with Crippen molar-refractivity contribution >= 4 is 0 Å². The monoisotopic (exact) mass is 312 g/mol. The number of piperazine rings is 1. The summed E-state index contributed by atoms with van der Waals surface area (Å²) in [6.07, 6.45) is 1.54. The van der Waals surface area contributed by atoms with Crippen LogP contribution in [0.15, 0.2) is 35.1 Å². The number of rotatable bonds is 3. The van der Waals surface area contributed by atoms with E-state index in [9.17, 15) is 0 Å². The second kappa shape index (κ2) is 5.86. The zero-order chi connectivity index (χ0) is 15.6. The summed E-state index contributed by atoms with van der Waals surface area (Å²) in [5.41, 5.74) is 1.59. The molecule has 3 aromatic rings. The maximum absolute atomic E-state index is 5.49. The van der Waals surface area contributed by atoms with Gasteiger partial charge in [0.05, 0.1) is 17.3 Å². The zero-order valence-corrected chi connectivity index (χ0v) is 12.6. The van der Waals surface area contributed by atoms with Crippen molar-refractivity contribution in [3.05, 3.63) is 36.4 Å². The molecule has 0 radical (unpaired) electrons. The van der Waals surface area contributed by atoms with Crippen molar-refractivity contribution in [2.45, 2.75) is 6.04 Å². The van der Waals surface area contributed by atoms with E-state index in [1.807, 2.05) is 24.3 Å². The van der Waals surface area contributed by atoms with E-state index >= 15 is 0 Å². The van der Waals surface area contributed by atoms with Crippen molar-refractivity contribution in [2.75, 3.05) is 26.7 Å². The van der Waals surface area contributed by atoms with Crippen LogP contribution in [0.5, 0.6) is 0 Å². The van der Waals surface area contributed by atoms with Gasteiger partial charge in [0.15, 0.2) is 5.82 Å². The van der Waals surface area contributed by atoms with Gasteiger partial charge >= 0.3 is 0 Å². The number of tetrazole rings is 1. The summed E-state index contributed by atoms with van der Waals surface area (Å²) in [4.78, 5) is 6.80. The standard InChI is InChI=1S/C14H16N8O/c1-21-7-6-15-8-12(21)13-17-14(23-18-13)10-4-2-3-5-11(10)22-9-16-19-20-22/h2-5,9,12,15H,6-8H2,1H3. The number of nitrogens with zero attached hydrogens (tertiary/aromatic N) is 7. The molecule has 1 fully saturated rings. The van der Waals surface area contributed by atoms with Crippen LogP contribution in [-0.2, 0) is 0 Å². The molecule has 1 unspecified atom stereocenters. The molecule has 9 heteroatoms. The SMILES string of the molecule is CN1CCNCC1c1noc(-c2ccccc2-n2cnnn2)n1. The predicted molar refractivity (Wildman–Crippen MR) is 80.7 cm³/mol. The fourth-order valence-corrected chi connectivity index (χ4v) is 2.70. The van der Waals surface area contributed by atoms with Crippen molar-refractivity contribution in [1.29, 1.82) is 0 Å². The maximum Gasteiger partial charge on any atom is 0.260 e. The summed E-state index contributed by atoms with van der Waals surface area (Å²) < 4.78 is 7.07. The first-order valence-electron chi connectivity index (χ1n) is 7.40. The van der Waals surface area contributed by atoms with Crippen LogP contribution in [-0.4, -0.2) is 61.9 Å². The fourth-order valence-electron chi connectivity index (χ4n) is 2.70. The topological polar surface area (TPSA) is 97.8 Å². The number of likely N-dealkylation sites (N-methyl/N-ethyl adjacent to an activating group) is 1. The minimum atomic E-state index is 0.112. The molecule has 4 rings (SSSR count). The molecule has 0 bridgehead atoms. The van der Waals surface area contributed by atoms with Gasteiger partial charge in [-0.15, -0.1) is 5.10 Å². The highest BCUT2D eigenvalue weighted by Gasteiger charge is 2.26. The third-order valence-electron chi connectivity index (χ3n) is 3.98. The Bertz CT molecular complexity index is 784. The molecule has 2 aromatic heterocycles. The van der Waals surface area contributed by atoms with E-state index in [4.69, 9.17) is 4.52 Å². The molecule has 1 aliphatic heterocycles. The van der Waals surface area contributed by atoms with Crippen molar-refractivity contribution in [1.82, 2.24) is 40.6 Å². The molecule has 118 valence electrons. The third kappa shape index (κ3) is 2.60. The molecule has 1 saturated heterocycles. The van der Waals surface area contributed by atoms with Gasteiger partial charge in [-0.2, -0.15) is 9.67 Å². The fraction of sp³-hybridized carbons (Fsp3) is 0.357. The van der Waals surface area contributed by atoms with E-state index in [0.717, 1.165) is 30.9 Å². The van der Waals surface area contributed by atoms with Gasteiger partial charge in [-0.3, -0.25) is 4.90 Å². The lowest BCUT2D eigenvalue weighted by molar-refractivity contribution is 0.190. The van der Waals surface area contributed by atoms with Gasteiger partial charge in [0.25, 0.3) is 5.89 Å². The molecular formula is C14H16N8O. The zero-order valence-electron chi connectivity index (χ0n) is 12.6. The Morgan fingerprint density at radius 3 is 3.04 bits per heavy atom. The summed E-state index contributed by atoms with van der Waals surface area (Å²) in [7, 11) is 2.07. The largest absolute Gasteiger partial charge is 0.334 e. The third-order valence-corrected chi connectivity index (χ3v) is 3.98. The molecule has 0 amide bonds. The van der Waals surface area contributed by atoms with Crippen LogP contribution >= 0.6 is 0 Å². The average molecular weight is 312 g/mol. The second-order valence-corrected chi connectivity index (χ2v) is 5.43. The van der Waals surface area contributed by atoms with Crippen LogP contribution in [0.25, 0.3) is 17.1 Å². The molecule has 1 aliphatic rings. The van der Waals surface area contributed by atoms with E-state index in [-0.39, 0.29) is 6.04 Å². The predicted octanol–water partition coefficient (Wildman–Crippen LogP) is 0.288. The van der Waals surface area contributed by atoms with E-state index in [0.29, 0.717) is 11.7 Å². The van der Waals surface area contributed by atoms with Crippen LogP contribution in [0, 0.1) is 0 Å². The molecule has 0 aliphatic carbocycles. The summed E-state index contributed by atoms with van der Waals surface area (Å²) in [5, 5.41) is 18.8. The van der Waals surface area contributed by atoms with Gasteiger partial charge in [0.1, 0.15) is 6.33 Å². The minimum Gasteiger partial charge on any atom is -0.334 e. The first-order chi connectivity index (χ1) is 11.3. The lowest BCUT2D eigenvalue weighted by atomic mass is 10.1. The molecule has 1 N–H and O–H groups in total. The highest BCUT2D eigenvalue weighted by atomic mass is 16.5. The van der Waals surface area contributed by atoms with Crippen molar-refractivity contribution < 1.29 is 4.52 Å². The number of aromatic nitrogens is 6. The van der Waals surface area contributed by atoms with Crippen LogP contribution < -0.4 is 5.32 Å². The highest BCUT2D eigenvalue weighted by molar-refractivity contribution is 5.65. The summed E-state index contributed by atoms with van der Waals surface area (Å²) in [6, 6.07) is 7.76.